The molecule has 56 valence electrons. The Morgan fingerprint density at radius 3 is 2.70 bits per heavy atom. The maximum Gasteiger partial charge on any atom is 0.0593 e. The first kappa shape index (κ1) is 7.32. The van der Waals surface area contributed by atoms with E-state index in [1.165, 1.54) is 0 Å². The van der Waals surface area contributed by atoms with Crippen LogP contribution in [0.4, 0.5) is 0 Å². The first-order valence-electron chi connectivity index (χ1n) is 3.68. The van der Waals surface area contributed by atoms with Gasteiger partial charge in [-0.15, -0.1) is 0 Å². The van der Waals surface area contributed by atoms with Crippen molar-refractivity contribution in [3.63, 3.8) is 0 Å². The van der Waals surface area contributed by atoms with Crippen molar-refractivity contribution < 1.29 is 0 Å². The van der Waals surface area contributed by atoms with E-state index in [1.807, 2.05) is 23.9 Å². The van der Waals surface area contributed by atoms with Gasteiger partial charge in [-0.05, 0) is 18.9 Å². The molecule has 0 aliphatic rings. The topological polar surface area (TPSA) is 17.8 Å². The molecular weight excluding hydrogens is 124 g/mol. The van der Waals surface area contributed by atoms with Gasteiger partial charge < -0.3 is 0 Å². The lowest BCUT2D eigenvalue weighted by Gasteiger charge is -2.02. The summed E-state index contributed by atoms with van der Waals surface area (Å²) in [4.78, 5) is 0. The molecule has 10 heavy (non-hydrogen) atoms. The molecule has 0 aliphatic heterocycles. The summed E-state index contributed by atoms with van der Waals surface area (Å²) in [6.07, 6.45) is 2.02. The molecule has 1 rings (SSSR count). The molecule has 0 amide bonds. The Bertz CT molecular complexity index is 201. The monoisotopic (exact) mass is 138 g/mol. The van der Waals surface area contributed by atoms with Gasteiger partial charge in [0.1, 0.15) is 0 Å². The van der Waals surface area contributed by atoms with E-state index in [4.69, 9.17) is 0 Å². The van der Waals surface area contributed by atoms with Gasteiger partial charge in [-0.1, -0.05) is 13.8 Å². The van der Waals surface area contributed by atoms with E-state index >= 15 is 0 Å². The van der Waals surface area contributed by atoms with Crippen LogP contribution in [0.1, 0.15) is 19.5 Å². The zero-order valence-corrected chi connectivity index (χ0v) is 6.83. The number of nitrogens with zero attached hydrogens (tertiary/aromatic N) is 2. The molecule has 1 aromatic heterocycles. The van der Waals surface area contributed by atoms with Gasteiger partial charge in [0.15, 0.2) is 0 Å². The van der Waals surface area contributed by atoms with Crippen LogP contribution >= 0.6 is 0 Å². The van der Waals surface area contributed by atoms with Gasteiger partial charge in [0.05, 0.1) is 5.69 Å². The second kappa shape index (κ2) is 2.86. The molecule has 1 heterocycles. The number of aryl methyl sites for hydroxylation is 1. The fourth-order valence-corrected chi connectivity index (χ4v) is 0.939. The van der Waals surface area contributed by atoms with Crippen molar-refractivity contribution in [3.05, 3.63) is 18.0 Å². The van der Waals surface area contributed by atoms with Gasteiger partial charge in [0.2, 0.25) is 0 Å². The molecule has 0 aromatic carbocycles. The van der Waals surface area contributed by atoms with Crippen molar-refractivity contribution >= 4 is 0 Å². The SMILES string of the molecule is Cc1ccn(CC(C)C)n1. The van der Waals surface area contributed by atoms with Crippen LogP contribution in [0, 0.1) is 12.8 Å². The number of aromatic nitrogens is 2. The third kappa shape index (κ3) is 1.87. The molecule has 0 saturated heterocycles. The Balaban J connectivity index is 2.58. The smallest absolute Gasteiger partial charge is 0.0593 e. The molecule has 0 fully saturated rings. The van der Waals surface area contributed by atoms with E-state index in [0.29, 0.717) is 5.92 Å². The van der Waals surface area contributed by atoms with Crippen LogP contribution in [0.3, 0.4) is 0 Å². The molecular formula is C8H14N2. The fraction of sp³-hybridized carbons (Fsp3) is 0.625. The highest BCUT2D eigenvalue weighted by Crippen LogP contribution is 1.98. The van der Waals surface area contributed by atoms with E-state index in [9.17, 15) is 0 Å². The minimum absolute atomic E-state index is 0.680. The summed E-state index contributed by atoms with van der Waals surface area (Å²) < 4.78 is 1.99. The van der Waals surface area contributed by atoms with Crippen LogP contribution in [-0.2, 0) is 6.54 Å². The highest BCUT2D eigenvalue weighted by Gasteiger charge is 1.96. The molecule has 2 nitrogen and oxygen atoms in total. The molecule has 1 aromatic rings. The average molecular weight is 138 g/mol. The lowest BCUT2D eigenvalue weighted by molar-refractivity contribution is 0.481. The van der Waals surface area contributed by atoms with Crippen molar-refractivity contribution in [2.45, 2.75) is 27.3 Å². The first-order chi connectivity index (χ1) is 4.68. The lowest BCUT2D eigenvalue weighted by Crippen LogP contribution is -2.04. The van der Waals surface area contributed by atoms with Crippen molar-refractivity contribution in [2.24, 2.45) is 5.92 Å². The minimum atomic E-state index is 0.680. The third-order valence-corrected chi connectivity index (χ3v) is 1.33. The van der Waals surface area contributed by atoms with E-state index in [1.54, 1.807) is 0 Å². The average Bonchev–Trinajstić information content (AvgIpc) is 2.13. The Morgan fingerprint density at radius 2 is 2.30 bits per heavy atom. The summed E-state index contributed by atoms with van der Waals surface area (Å²) in [6.45, 7) is 7.42. The molecule has 0 atom stereocenters. The van der Waals surface area contributed by atoms with Crippen LogP contribution in [0.5, 0.6) is 0 Å². The van der Waals surface area contributed by atoms with E-state index in [-0.39, 0.29) is 0 Å². The van der Waals surface area contributed by atoms with Gasteiger partial charge in [0.25, 0.3) is 0 Å². The second-order valence-corrected chi connectivity index (χ2v) is 3.07. The van der Waals surface area contributed by atoms with Crippen LogP contribution in [0.15, 0.2) is 12.3 Å². The van der Waals surface area contributed by atoms with Gasteiger partial charge in [-0.25, -0.2) is 0 Å². The van der Waals surface area contributed by atoms with Gasteiger partial charge in [-0.3, -0.25) is 4.68 Å². The number of hydrogen-bond acceptors (Lipinski definition) is 1. The normalized spacial score (nSPS) is 10.8. The number of hydrogen-bond donors (Lipinski definition) is 0. The van der Waals surface area contributed by atoms with Crippen molar-refractivity contribution in [1.29, 1.82) is 0 Å². The van der Waals surface area contributed by atoms with Crippen LogP contribution in [0.25, 0.3) is 0 Å². The fourth-order valence-electron chi connectivity index (χ4n) is 0.939. The zero-order valence-electron chi connectivity index (χ0n) is 6.83. The minimum Gasteiger partial charge on any atom is -0.272 e. The predicted octanol–water partition coefficient (Wildman–Crippen LogP) is 1.85. The summed E-state index contributed by atoms with van der Waals surface area (Å²) >= 11 is 0. The van der Waals surface area contributed by atoms with Crippen molar-refractivity contribution in [3.8, 4) is 0 Å². The number of rotatable bonds is 2. The Labute approximate surface area is 61.9 Å². The Hall–Kier alpha value is -0.790. The van der Waals surface area contributed by atoms with Crippen molar-refractivity contribution in [2.75, 3.05) is 0 Å². The van der Waals surface area contributed by atoms with E-state index in [0.717, 1.165) is 12.2 Å². The molecule has 0 unspecified atom stereocenters. The maximum absolute atomic E-state index is 4.27. The van der Waals surface area contributed by atoms with E-state index in [2.05, 4.69) is 18.9 Å². The summed E-state index contributed by atoms with van der Waals surface area (Å²) in [6, 6.07) is 2.03. The quantitative estimate of drug-likeness (QED) is 0.609. The molecule has 0 radical (unpaired) electrons. The Kier molecular flexibility index (Phi) is 2.10. The van der Waals surface area contributed by atoms with Gasteiger partial charge in [0, 0.05) is 12.7 Å². The zero-order chi connectivity index (χ0) is 7.56. The molecule has 2 heteroatoms. The van der Waals surface area contributed by atoms with Crippen LogP contribution in [0.2, 0.25) is 0 Å². The molecule has 0 saturated carbocycles. The standard InChI is InChI=1S/C8H14N2/c1-7(2)6-10-5-4-8(3)9-10/h4-5,7H,6H2,1-3H3. The van der Waals surface area contributed by atoms with Gasteiger partial charge in [-0.2, -0.15) is 5.10 Å². The summed E-state index contributed by atoms with van der Waals surface area (Å²) in [5, 5.41) is 4.27. The van der Waals surface area contributed by atoms with Crippen LogP contribution in [-0.4, -0.2) is 9.78 Å². The molecule has 0 bridgehead atoms. The summed E-state index contributed by atoms with van der Waals surface area (Å²) in [5.74, 6) is 0.680. The predicted molar refractivity (Wildman–Crippen MR) is 41.8 cm³/mol. The van der Waals surface area contributed by atoms with Crippen LogP contribution < -0.4 is 0 Å². The molecule has 0 aliphatic carbocycles. The maximum atomic E-state index is 4.27. The molecule has 0 N–H and O–H groups in total. The first-order valence-corrected chi connectivity index (χ1v) is 3.68. The van der Waals surface area contributed by atoms with Gasteiger partial charge >= 0.3 is 0 Å². The lowest BCUT2D eigenvalue weighted by atomic mass is 10.2. The summed E-state index contributed by atoms with van der Waals surface area (Å²) in [7, 11) is 0. The highest BCUT2D eigenvalue weighted by molar-refractivity contribution is 4.94. The summed E-state index contributed by atoms with van der Waals surface area (Å²) in [5.41, 5.74) is 1.10. The van der Waals surface area contributed by atoms with E-state index < -0.39 is 0 Å². The van der Waals surface area contributed by atoms with Crippen molar-refractivity contribution in [1.82, 2.24) is 9.78 Å². The largest absolute Gasteiger partial charge is 0.272 e. The Morgan fingerprint density at radius 1 is 1.60 bits per heavy atom. The molecule has 0 spiro atoms. The highest BCUT2D eigenvalue weighted by atomic mass is 15.3. The second-order valence-electron chi connectivity index (χ2n) is 3.07. The third-order valence-electron chi connectivity index (χ3n) is 1.33.